The Morgan fingerprint density at radius 2 is 2.12 bits per heavy atom. The minimum Gasteiger partial charge on any atom is -0.465 e. The van der Waals surface area contributed by atoms with Gasteiger partial charge in [0.15, 0.2) is 11.5 Å². The summed E-state index contributed by atoms with van der Waals surface area (Å²) in [6, 6.07) is 5.58. The van der Waals surface area contributed by atoms with Crippen LogP contribution in [-0.4, -0.2) is 38.6 Å². The number of nitrogens with one attached hydrogen (secondary N) is 2. The van der Waals surface area contributed by atoms with E-state index < -0.39 is 5.97 Å². The van der Waals surface area contributed by atoms with Crippen molar-refractivity contribution in [1.29, 1.82) is 0 Å². The second-order valence-corrected chi connectivity index (χ2v) is 5.55. The number of hydrogen-bond donors (Lipinski definition) is 2. The highest BCUT2D eigenvalue weighted by Gasteiger charge is 2.23. The minimum atomic E-state index is -0.451. The van der Waals surface area contributed by atoms with Crippen molar-refractivity contribution in [3.63, 3.8) is 0 Å². The number of rotatable bonds is 5. The van der Waals surface area contributed by atoms with Gasteiger partial charge in [-0.15, -0.1) is 10.2 Å². The van der Waals surface area contributed by atoms with Gasteiger partial charge in [0.2, 0.25) is 0 Å². The summed E-state index contributed by atoms with van der Waals surface area (Å²) in [7, 11) is 1.32. The van der Waals surface area contributed by atoms with Crippen LogP contribution in [0.25, 0.3) is 5.65 Å². The smallest absolute Gasteiger partial charge is 0.339 e. The SMILES string of the molecule is CCc1[nH]c(C(=O)NCc2nnc3ccccn23)c(C)c1C(=O)OC. The van der Waals surface area contributed by atoms with Crippen molar-refractivity contribution in [1.82, 2.24) is 24.9 Å². The Labute approximate surface area is 144 Å². The van der Waals surface area contributed by atoms with Gasteiger partial charge in [-0.05, 0) is 31.0 Å². The highest BCUT2D eigenvalue weighted by molar-refractivity contribution is 6.00. The molecule has 3 rings (SSSR count). The molecular formula is C17H19N5O3. The van der Waals surface area contributed by atoms with Crippen LogP contribution in [0.1, 0.15) is 44.9 Å². The van der Waals surface area contributed by atoms with E-state index in [2.05, 4.69) is 20.5 Å². The van der Waals surface area contributed by atoms with Gasteiger partial charge in [-0.25, -0.2) is 4.79 Å². The van der Waals surface area contributed by atoms with Gasteiger partial charge < -0.3 is 15.0 Å². The molecule has 0 bridgehead atoms. The van der Waals surface area contributed by atoms with Gasteiger partial charge in [0.1, 0.15) is 5.69 Å². The molecule has 0 aliphatic carbocycles. The molecule has 0 aromatic carbocycles. The first kappa shape index (κ1) is 16.7. The summed E-state index contributed by atoms with van der Waals surface area (Å²) in [6.45, 7) is 3.85. The number of pyridine rings is 1. The summed E-state index contributed by atoms with van der Waals surface area (Å²) in [6.07, 6.45) is 2.43. The lowest BCUT2D eigenvalue weighted by atomic mass is 10.1. The first-order chi connectivity index (χ1) is 12.1. The molecule has 0 spiro atoms. The van der Waals surface area contributed by atoms with Gasteiger partial charge in [0.25, 0.3) is 5.91 Å². The number of fused-ring (bicyclic) bond motifs is 1. The number of nitrogens with zero attached hydrogens (tertiary/aromatic N) is 3. The van der Waals surface area contributed by atoms with Gasteiger partial charge in [0, 0.05) is 11.9 Å². The summed E-state index contributed by atoms with van der Waals surface area (Å²) < 4.78 is 6.61. The van der Waals surface area contributed by atoms with Gasteiger partial charge >= 0.3 is 5.97 Å². The second-order valence-electron chi connectivity index (χ2n) is 5.55. The molecule has 0 fully saturated rings. The first-order valence-electron chi connectivity index (χ1n) is 7.93. The molecule has 3 aromatic heterocycles. The van der Waals surface area contributed by atoms with Gasteiger partial charge in [0.05, 0.1) is 19.2 Å². The van der Waals surface area contributed by atoms with E-state index in [4.69, 9.17) is 4.74 Å². The second kappa shape index (κ2) is 6.76. The number of hydrogen-bond acceptors (Lipinski definition) is 5. The summed E-state index contributed by atoms with van der Waals surface area (Å²) in [5.74, 6) is -0.139. The van der Waals surface area contributed by atoms with Crippen LogP contribution in [0, 0.1) is 6.92 Å². The molecule has 0 unspecified atom stereocenters. The predicted molar refractivity (Wildman–Crippen MR) is 90.4 cm³/mol. The molecule has 0 aliphatic heterocycles. The van der Waals surface area contributed by atoms with Crippen LogP contribution >= 0.6 is 0 Å². The van der Waals surface area contributed by atoms with Crippen molar-refractivity contribution < 1.29 is 14.3 Å². The van der Waals surface area contributed by atoms with Gasteiger partial charge in [-0.3, -0.25) is 9.20 Å². The molecule has 0 saturated heterocycles. The third-order valence-electron chi connectivity index (χ3n) is 4.09. The van der Waals surface area contributed by atoms with Crippen LogP contribution in [-0.2, 0) is 17.7 Å². The lowest BCUT2D eigenvalue weighted by Crippen LogP contribution is -2.25. The third kappa shape index (κ3) is 2.98. The zero-order chi connectivity index (χ0) is 18.0. The zero-order valence-electron chi connectivity index (χ0n) is 14.3. The monoisotopic (exact) mass is 341 g/mol. The Kier molecular flexibility index (Phi) is 4.51. The zero-order valence-corrected chi connectivity index (χ0v) is 14.3. The molecule has 0 atom stereocenters. The number of aryl methyl sites for hydroxylation is 1. The first-order valence-corrected chi connectivity index (χ1v) is 7.93. The molecular weight excluding hydrogens is 322 g/mol. The molecule has 130 valence electrons. The van der Waals surface area contributed by atoms with E-state index in [-0.39, 0.29) is 12.5 Å². The van der Waals surface area contributed by atoms with E-state index in [1.54, 1.807) is 11.3 Å². The summed E-state index contributed by atoms with van der Waals surface area (Å²) >= 11 is 0. The Bertz CT molecular complexity index is 941. The molecule has 8 heteroatoms. The number of aromatic nitrogens is 4. The number of amides is 1. The average Bonchev–Trinajstić information content (AvgIpc) is 3.20. The number of ether oxygens (including phenoxy) is 1. The van der Waals surface area contributed by atoms with E-state index in [0.717, 1.165) is 0 Å². The average molecular weight is 341 g/mol. The number of esters is 1. The van der Waals surface area contributed by atoms with E-state index in [9.17, 15) is 9.59 Å². The maximum Gasteiger partial charge on any atom is 0.339 e. The molecule has 3 heterocycles. The van der Waals surface area contributed by atoms with E-state index in [0.29, 0.717) is 40.4 Å². The van der Waals surface area contributed by atoms with Crippen molar-refractivity contribution in [2.45, 2.75) is 26.8 Å². The maximum atomic E-state index is 12.5. The van der Waals surface area contributed by atoms with Crippen LogP contribution in [0.15, 0.2) is 24.4 Å². The number of aromatic amines is 1. The Morgan fingerprint density at radius 3 is 2.84 bits per heavy atom. The van der Waals surface area contributed by atoms with Crippen LogP contribution in [0.4, 0.5) is 0 Å². The largest absolute Gasteiger partial charge is 0.465 e. The normalized spacial score (nSPS) is 10.8. The van der Waals surface area contributed by atoms with Crippen LogP contribution < -0.4 is 5.32 Å². The van der Waals surface area contributed by atoms with E-state index >= 15 is 0 Å². The van der Waals surface area contributed by atoms with Crippen molar-refractivity contribution in [3.8, 4) is 0 Å². The van der Waals surface area contributed by atoms with Crippen molar-refractivity contribution in [3.05, 3.63) is 52.7 Å². The van der Waals surface area contributed by atoms with Crippen molar-refractivity contribution in [2.24, 2.45) is 0 Å². The van der Waals surface area contributed by atoms with Crippen molar-refractivity contribution in [2.75, 3.05) is 7.11 Å². The molecule has 1 amide bonds. The summed E-state index contributed by atoms with van der Waals surface area (Å²) in [4.78, 5) is 27.5. The predicted octanol–water partition coefficient (Wildman–Crippen LogP) is 1.64. The van der Waals surface area contributed by atoms with E-state index in [1.165, 1.54) is 7.11 Å². The lowest BCUT2D eigenvalue weighted by molar-refractivity contribution is 0.0599. The molecule has 0 aliphatic rings. The lowest BCUT2D eigenvalue weighted by Gasteiger charge is -2.04. The molecule has 3 aromatic rings. The van der Waals surface area contributed by atoms with Crippen LogP contribution in [0.3, 0.4) is 0 Å². The Balaban J connectivity index is 1.82. The number of carbonyl (C=O) groups is 2. The third-order valence-corrected chi connectivity index (χ3v) is 4.09. The molecule has 0 saturated carbocycles. The number of H-pyrrole nitrogens is 1. The van der Waals surface area contributed by atoms with Crippen LogP contribution in [0.5, 0.6) is 0 Å². The molecule has 8 nitrogen and oxygen atoms in total. The van der Waals surface area contributed by atoms with Crippen LogP contribution in [0.2, 0.25) is 0 Å². The number of carbonyl (C=O) groups excluding carboxylic acids is 2. The fraction of sp³-hybridized carbons (Fsp3) is 0.294. The standard InChI is InChI=1S/C17H19N5O3/c1-4-11-14(17(24)25-3)10(2)15(19-11)16(23)18-9-13-21-20-12-7-5-6-8-22(12)13/h5-8,19H,4,9H2,1-3H3,(H,18,23). The highest BCUT2D eigenvalue weighted by atomic mass is 16.5. The molecule has 0 radical (unpaired) electrons. The topological polar surface area (TPSA) is 101 Å². The molecule has 2 N–H and O–H groups in total. The van der Waals surface area contributed by atoms with Crippen molar-refractivity contribution >= 4 is 17.5 Å². The Hall–Kier alpha value is -3.16. The quantitative estimate of drug-likeness (QED) is 0.687. The minimum absolute atomic E-state index is 0.220. The summed E-state index contributed by atoms with van der Waals surface area (Å²) in [5.41, 5.74) is 2.74. The summed E-state index contributed by atoms with van der Waals surface area (Å²) in [5, 5.41) is 10.9. The van der Waals surface area contributed by atoms with Gasteiger partial charge in [-0.1, -0.05) is 13.0 Å². The van der Waals surface area contributed by atoms with E-state index in [1.807, 2.05) is 31.3 Å². The molecule has 25 heavy (non-hydrogen) atoms. The van der Waals surface area contributed by atoms with Gasteiger partial charge in [-0.2, -0.15) is 0 Å². The maximum absolute atomic E-state index is 12.5. The number of methoxy groups -OCH3 is 1. The fourth-order valence-corrected chi connectivity index (χ4v) is 2.79. The Morgan fingerprint density at radius 1 is 1.32 bits per heavy atom. The fourth-order valence-electron chi connectivity index (χ4n) is 2.79. The highest BCUT2D eigenvalue weighted by Crippen LogP contribution is 2.20.